The van der Waals surface area contributed by atoms with Crippen molar-refractivity contribution < 1.29 is 0 Å². The zero-order valence-electron chi connectivity index (χ0n) is 17.8. The number of benzene rings is 2. The second-order valence-corrected chi connectivity index (χ2v) is 12.5. The Kier molecular flexibility index (Phi) is 4.97. The smallest absolute Gasteiger partial charge is 0.117 e. The summed E-state index contributed by atoms with van der Waals surface area (Å²) in [4.78, 5) is 9.62. The molecule has 0 N–H and O–H groups in total. The monoisotopic (exact) mass is 416 g/mol. The normalized spacial score (nSPS) is 15.4. The number of hydrogen-bond donors (Lipinski definition) is 0. The first kappa shape index (κ1) is 19.4. The van der Waals surface area contributed by atoms with Crippen LogP contribution in [0.15, 0.2) is 109 Å². The van der Waals surface area contributed by atoms with Crippen molar-refractivity contribution in [3.8, 4) is 0 Å². The Hall–Kier alpha value is -3.56. The summed E-state index contributed by atoms with van der Waals surface area (Å²) in [5.74, 6) is 0. The summed E-state index contributed by atoms with van der Waals surface area (Å²) < 4.78 is 0. The Morgan fingerprint density at radius 1 is 0.484 bits per heavy atom. The van der Waals surface area contributed by atoms with Gasteiger partial charge in [-0.3, -0.25) is 9.97 Å². The van der Waals surface area contributed by atoms with Gasteiger partial charge < -0.3 is 0 Å². The number of aromatic nitrogens is 2. The Labute approximate surface area is 184 Å². The lowest BCUT2D eigenvalue weighted by molar-refractivity contribution is 1.27. The molecule has 31 heavy (non-hydrogen) atoms. The van der Waals surface area contributed by atoms with Gasteiger partial charge in [-0.15, -0.1) is 0 Å². The summed E-state index contributed by atoms with van der Waals surface area (Å²) >= 11 is 0. The van der Waals surface area contributed by atoms with Crippen LogP contribution in [0.1, 0.15) is 22.5 Å². The van der Waals surface area contributed by atoms with E-state index in [4.69, 9.17) is 9.97 Å². The van der Waals surface area contributed by atoms with Crippen molar-refractivity contribution in [2.45, 2.75) is 13.1 Å². The van der Waals surface area contributed by atoms with Gasteiger partial charge in [0.1, 0.15) is 8.07 Å². The van der Waals surface area contributed by atoms with Crippen LogP contribution >= 0.6 is 0 Å². The lowest BCUT2D eigenvalue weighted by Gasteiger charge is -2.25. The van der Waals surface area contributed by atoms with Gasteiger partial charge >= 0.3 is 0 Å². The molecule has 5 rings (SSSR count). The molecule has 0 radical (unpaired) electrons. The van der Waals surface area contributed by atoms with Crippen molar-refractivity contribution in [2.75, 3.05) is 0 Å². The van der Waals surface area contributed by atoms with Crippen LogP contribution in [0.4, 0.5) is 0 Å². The van der Waals surface area contributed by atoms with E-state index in [9.17, 15) is 0 Å². The van der Waals surface area contributed by atoms with Crippen molar-refractivity contribution >= 4 is 29.6 Å². The highest BCUT2D eigenvalue weighted by atomic mass is 28.3. The number of pyridine rings is 2. The molecule has 0 unspecified atom stereocenters. The lowest BCUT2D eigenvalue weighted by atomic mass is 9.92. The maximum absolute atomic E-state index is 4.81. The van der Waals surface area contributed by atoms with Crippen LogP contribution in [0.2, 0.25) is 13.1 Å². The highest BCUT2D eigenvalue weighted by Crippen LogP contribution is 2.54. The molecule has 0 aliphatic carbocycles. The number of hydrogen-bond acceptors (Lipinski definition) is 2. The van der Waals surface area contributed by atoms with Crippen molar-refractivity contribution in [2.24, 2.45) is 0 Å². The average Bonchev–Trinajstić information content (AvgIpc) is 3.08. The molecular formula is C28H24N2Si. The topological polar surface area (TPSA) is 25.8 Å². The van der Waals surface area contributed by atoms with Crippen LogP contribution in [0.3, 0.4) is 0 Å². The summed E-state index contributed by atoms with van der Waals surface area (Å²) in [6, 6.07) is 34.0. The molecule has 2 aromatic carbocycles. The lowest BCUT2D eigenvalue weighted by Crippen LogP contribution is -2.29. The maximum atomic E-state index is 4.81. The third kappa shape index (κ3) is 3.37. The molecule has 150 valence electrons. The predicted molar refractivity (Wildman–Crippen MR) is 132 cm³/mol. The first-order valence-corrected chi connectivity index (χ1v) is 13.6. The van der Waals surface area contributed by atoms with E-state index >= 15 is 0 Å². The second kappa shape index (κ2) is 7.93. The van der Waals surface area contributed by atoms with Gasteiger partial charge in [0.2, 0.25) is 0 Å². The molecular weight excluding hydrogens is 392 g/mol. The van der Waals surface area contributed by atoms with Gasteiger partial charge in [-0.1, -0.05) is 85.9 Å². The van der Waals surface area contributed by atoms with E-state index in [1.54, 1.807) is 0 Å². The van der Waals surface area contributed by atoms with E-state index in [-0.39, 0.29) is 0 Å². The van der Waals surface area contributed by atoms with Crippen molar-refractivity contribution in [3.63, 3.8) is 0 Å². The Morgan fingerprint density at radius 2 is 1.00 bits per heavy atom. The van der Waals surface area contributed by atoms with Crippen molar-refractivity contribution in [1.29, 1.82) is 0 Å². The van der Waals surface area contributed by atoms with Gasteiger partial charge in [-0.05, 0) is 51.4 Å². The summed E-state index contributed by atoms with van der Waals surface area (Å²) in [6.07, 6.45) is 3.78. The van der Waals surface area contributed by atoms with Crippen LogP contribution in [0, 0.1) is 0 Å². The molecule has 2 nitrogen and oxygen atoms in total. The van der Waals surface area contributed by atoms with Gasteiger partial charge in [0.15, 0.2) is 0 Å². The van der Waals surface area contributed by atoms with Gasteiger partial charge in [-0.2, -0.15) is 0 Å². The molecule has 0 atom stereocenters. The van der Waals surface area contributed by atoms with E-state index in [1.165, 1.54) is 32.7 Å². The van der Waals surface area contributed by atoms with Crippen LogP contribution in [-0.4, -0.2) is 18.0 Å². The molecule has 1 aliphatic heterocycles. The molecule has 0 spiro atoms. The fourth-order valence-corrected chi connectivity index (χ4v) is 8.43. The summed E-state index contributed by atoms with van der Waals surface area (Å²) in [7, 11) is -2.12. The summed E-state index contributed by atoms with van der Waals surface area (Å²) in [5.41, 5.74) is 7.10. The molecule has 3 heteroatoms. The zero-order valence-corrected chi connectivity index (χ0v) is 18.8. The minimum atomic E-state index is -2.12. The average molecular weight is 417 g/mol. The maximum Gasteiger partial charge on any atom is 0.117 e. The first-order valence-electron chi connectivity index (χ1n) is 10.6. The zero-order chi connectivity index (χ0) is 21.3. The number of nitrogens with zero attached hydrogens (tertiary/aromatic N) is 2. The van der Waals surface area contributed by atoms with Crippen LogP contribution in [0.25, 0.3) is 21.5 Å². The fourth-order valence-electron chi connectivity index (χ4n) is 4.73. The Bertz CT molecular complexity index is 1160. The number of allylic oxidation sites excluding steroid dienone is 2. The van der Waals surface area contributed by atoms with Crippen LogP contribution < -0.4 is 0 Å². The standard InChI is InChI=1S/C28H24N2Si/c1-31(2)27(22-15-7-4-8-16-22)25(21-13-5-3-6-14-21)26(23-17-9-11-19-29-23)28(31)24-18-10-12-20-30-24/h3-20H,1-2H3. The minimum absolute atomic E-state index is 1.01. The predicted octanol–water partition coefficient (Wildman–Crippen LogP) is 6.80. The molecule has 2 aromatic heterocycles. The molecule has 1 aliphatic rings. The molecule has 0 saturated carbocycles. The van der Waals surface area contributed by atoms with E-state index in [0.717, 1.165) is 11.4 Å². The molecule has 4 aromatic rings. The molecule has 0 fully saturated rings. The number of rotatable bonds is 4. The van der Waals surface area contributed by atoms with Gasteiger partial charge in [-0.25, -0.2) is 0 Å². The van der Waals surface area contributed by atoms with Crippen molar-refractivity contribution in [3.05, 3.63) is 132 Å². The third-order valence-corrected chi connectivity index (χ3v) is 9.51. The molecule has 0 bridgehead atoms. The highest BCUT2D eigenvalue weighted by Gasteiger charge is 2.44. The molecule has 0 saturated heterocycles. The summed E-state index contributed by atoms with van der Waals surface area (Å²) in [6.45, 7) is 4.89. The summed E-state index contributed by atoms with van der Waals surface area (Å²) in [5, 5.41) is 2.80. The SMILES string of the molecule is C[Si]1(C)C(c2ccccc2)=C(c2ccccc2)C(c2ccccn2)=C1c1ccccn1. The quantitative estimate of drug-likeness (QED) is 0.342. The molecule has 0 amide bonds. The third-order valence-electron chi connectivity index (χ3n) is 5.97. The van der Waals surface area contributed by atoms with Gasteiger partial charge in [0.25, 0.3) is 0 Å². The Morgan fingerprint density at radius 3 is 1.55 bits per heavy atom. The molecule has 3 heterocycles. The highest BCUT2D eigenvalue weighted by molar-refractivity contribution is 7.13. The van der Waals surface area contributed by atoms with Crippen LogP contribution in [-0.2, 0) is 0 Å². The second-order valence-electron chi connectivity index (χ2n) is 8.29. The van der Waals surface area contributed by atoms with E-state index in [1.807, 2.05) is 24.5 Å². The van der Waals surface area contributed by atoms with Gasteiger partial charge in [0.05, 0.1) is 11.4 Å². The fraction of sp³-hybridized carbons (Fsp3) is 0.0714. The first-order chi connectivity index (χ1) is 15.2. The van der Waals surface area contributed by atoms with E-state index < -0.39 is 8.07 Å². The van der Waals surface area contributed by atoms with E-state index in [2.05, 4.69) is 98.0 Å². The van der Waals surface area contributed by atoms with Crippen LogP contribution in [0.5, 0.6) is 0 Å². The Balaban J connectivity index is 1.92. The largest absolute Gasteiger partial charge is 0.257 e. The van der Waals surface area contributed by atoms with Gasteiger partial charge in [0, 0.05) is 18.0 Å². The minimum Gasteiger partial charge on any atom is -0.257 e. The van der Waals surface area contributed by atoms with E-state index in [0.29, 0.717) is 0 Å². The van der Waals surface area contributed by atoms with Crippen molar-refractivity contribution in [1.82, 2.24) is 9.97 Å².